The van der Waals surface area contributed by atoms with E-state index in [4.69, 9.17) is 16.6 Å². The van der Waals surface area contributed by atoms with E-state index in [1.807, 2.05) is 19.2 Å². The number of amides is 1. The third kappa shape index (κ3) is 4.80. The standard InChI is InChI=1S/C19H26N4O2S/c1-19(2,3)14-7-5-13(6-8-14)17-21-23(18(26)25-17)12-22(4)11-16(24)20-15-9-10-15/h5-8,15H,9-12H2,1-4H3,(H,20,24)/p+1. The molecular formula is C19H27N4O2S+. The lowest BCUT2D eigenvalue weighted by atomic mass is 9.87. The molecule has 1 heterocycles. The van der Waals surface area contributed by atoms with E-state index in [2.05, 4.69) is 43.3 Å². The number of likely N-dealkylation sites (N-methyl/N-ethyl adjacent to an activating group) is 1. The third-order valence-electron chi connectivity index (χ3n) is 4.43. The number of hydrogen-bond donors (Lipinski definition) is 2. The first-order valence-corrected chi connectivity index (χ1v) is 9.43. The maximum atomic E-state index is 11.9. The minimum atomic E-state index is 0.0676. The van der Waals surface area contributed by atoms with Gasteiger partial charge < -0.3 is 14.6 Å². The lowest BCUT2D eigenvalue weighted by molar-refractivity contribution is -0.895. The summed E-state index contributed by atoms with van der Waals surface area (Å²) in [6.45, 7) is 7.42. The van der Waals surface area contributed by atoms with Crippen molar-refractivity contribution >= 4 is 18.1 Å². The minimum absolute atomic E-state index is 0.0676. The molecule has 1 aliphatic carbocycles. The first kappa shape index (κ1) is 18.8. The van der Waals surface area contributed by atoms with Crippen molar-refractivity contribution in [1.82, 2.24) is 15.1 Å². The summed E-state index contributed by atoms with van der Waals surface area (Å²) >= 11 is 5.29. The molecule has 140 valence electrons. The molecule has 0 radical (unpaired) electrons. The molecule has 0 aliphatic heterocycles. The van der Waals surface area contributed by atoms with Gasteiger partial charge in [0.25, 0.3) is 10.7 Å². The minimum Gasteiger partial charge on any atom is -0.409 e. The van der Waals surface area contributed by atoms with Crippen LogP contribution in [0.5, 0.6) is 0 Å². The zero-order valence-corrected chi connectivity index (χ0v) is 16.7. The van der Waals surface area contributed by atoms with Gasteiger partial charge in [-0.1, -0.05) is 32.9 Å². The average Bonchev–Trinajstić information content (AvgIpc) is 3.29. The molecule has 1 aromatic heterocycles. The summed E-state index contributed by atoms with van der Waals surface area (Å²) in [7, 11) is 1.95. The summed E-state index contributed by atoms with van der Waals surface area (Å²) in [5.74, 6) is 0.573. The van der Waals surface area contributed by atoms with Crippen molar-refractivity contribution in [2.45, 2.75) is 51.7 Å². The SMILES string of the molecule is C[NH+](CC(=O)NC1CC1)Cn1nc(-c2ccc(C(C)(C)C)cc2)oc1=S. The number of hydrogen-bond acceptors (Lipinski definition) is 4. The molecule has 1 amide bonds. The molecule has 3 rings (SSSR count). The van der Waals surface area contributed by atoms with Crippen molar-refractivity contribution in [3.8, 4) is 11.5 Å². The largest absolute Gasteiger partial charge is 0.409 e. The smallest absolute Gasteiger partial charge is 0.292 e. The molecule has 1 saturated carbocycles. The zero-order chi connectivity index (χ0) is 18.9. The highest BCUT2D eigenvalue weighted by molar-refractivity contribution is 7.71. The van der Waals surface area contributed by atoms with Gasteiger partial charge in [-0.05, 0) is 48.2 Å². The van der Waals surface area contributed by atoms with Crippen LogP contribution < -0.4 is 10.2 Å². The summed E-state index contributed by atoms with van der Waals surface area (Å²) < 4.78 is 7.30. The second-order valence-corrected chi connectivity index (χ2v) is 8.48. The number of benzene rings is 1. The normalized spacial score (nSPS) is 15.7. The molecule has 1 aliphatic rings. The van der Waals surface area contributed by atoms with E-state index in [0.717, 1.165) is 23.3 Å². The van der Waals surface area contributed by atoms with E-state index in [1.54, 1.807) is 4.68 Å². The van der Waals surface area contributed by atoms with Crippen LogP contribution in [0.25, 0.3) is 11.5 Å². The lowest BCUT2D eigenvalue weighted by Gasteiger charge is -2.18. The van der Waals surface area contributed by atoms with E-state index in [0.29, 0.717) is 30.0 Å². The average molecular weight is 376 g/mol. The van der Waals surface area contributed by atoms with Crippen LogP contribution in [0, 0.1) is 4.84 Å². The molecule has 0 saturated heterocycles. The monoisotopic (exact) mass is 375 g/mol. The highest BCUT2D eigenvalue weighted by Crippen LogP contribution is 2.25. The number of nitrogens with one attached hydrogen (secondary N) is 2. The van der Waals surface area contributed by atoms with Gasteiger partial charge in [-0.3, -0.25) is 4.79 Å². The Morgan fingerprint density at radius 2 is 2.00 bits per heavy atom. The predicted molar refractivity (Wildman–Crippen MR) is 102 cm³/mol. The van der Waals surface area contributed by atoms with Gasteiger partial charge in [-0.15, -0.1) is 5.10 Å². The molecule has 26 heavy (non-hydrogen) atoms. The van der Waals surface area contributed by atoms with Crippen molar-refractivity contribution in [2.75, 3.05) is 13.6 Å². The maximum absolute atomic E-state index is 11.9. The maximum Gasteiger partial charge on any atom is 0.292 e. The van der Waals surface area contributed by atoms with Crippen LogP contribution in [0.1, 0.15) is 39.2 Å². The highest BCUT2D eigenvalue weighted by Gasteiger charge is 2.24. The molecule has 1 aromatic carbocycles. The Morgan fingerprint density at radius 3 is 2.58 bits per heavy atom. The van der Waals surface area contributed by atoms with Crippen LogP contribution in [-0.2, 0) is 16.9 Å². The Balaban J connectivity index is 1.66. The van der Waals surface area contributed by atoms with Crippen molar-refractivity contribution in [2.24, 2.45) is 0 Å². The topological polar surface area (TPSA) is 64.5 Å². The fourth-order valence-corrected chi connectivity index (χ4v) is 2.91. The Bertz CT molecular complexity index is 828. The van der Waals surface area contributed by atoms with Gasteiger partial charge in [0.1, 0.15) is 0 Å². The molecule has 1 unspecified atom stereocenters. The van der Waals surface area contributed by atoms with Crippen molar-refractivity contribution in [3.05, 3.63) is 34.7 Å². The van der Waals surface area contributed by atoms with Gasteiger partial charge in [0.05, 0.1) is 7.05 Å². The molecule has 1 atom stereocenters. The van der Waals surface area contributed by atoms with Gasteiger partial charge in [0.2, 0.25) is 5.89 Å². The number of aromatic nitrogens is 2. The molecule has 7 heteroatoms. The van der Waals surface area contributed by atoms with Crippen LogP contribution >= 0.6 is 12.2 Å². The first-order chi connectivity index (χ1) is 12.2. The first-order valence-electron chi connectivity index (χ1n) is 9.02. The number of carbonyl (C=O) groups excluding carboxylic acids is 1. The van der Waals surface area contributed by atoms with Gasteiger partial charge in [-0.2, -0.15) is 4.68 Å². The van der Waals surface area contributed by atoms with E-state index in [-0.39, 0.29) is 11.3 Å². The van der Waals surface area contributed by atoms with Crippen molar-refractivity contribution in [3.63, 3.8) is 0 Å². The van der Waals surface area contributed by atoms with E-state index < -0.39 is 0 Å². The van der Waals surface area contributed by atoms with Crippen molar-refractivity contribution in [1.29, 1.82) is 0 Å². The van der Waals surface area contributed by atoms with Crippen molar-refractivity contribution < 1.29 is 14.1 Å². The summed E-state index contributed by atoms with van der Waals surface area (Å²) in [6, 6.07) is 8.57. The quantitative estimate of drug-likeness (QED) is 0.757. The summed E-state index contributed by atoms with van der Waals surface area (Å²) in [6.07, 6.45) is 2.19. The summed E-state index contributed by atoms with van der Waals surface area (Å²) in [5, 5.41) is 7.48. The number of carbonyl (C=O) groups is 1. The fraction of sp³-hybridized carbons (Fsp3) is 0.526. The summed E-state index contributed by atoms with van der Waals surface area (Å²) in [4.78, 5) is 13.2. The molecule has 0 spiro atoms. The highest BCUT2D eigenvalue weighted by atomic mass is 32.1. The van der Waals surface area contributed by atoms with Crippen LogP contribution in [0.4, 0.5) is 0 Å². The second kappa shape index (κ2) is 7.32. The Labute approximate surface area is 159 Å². The number of quaternary nitrogens is 1. The predicted octanol–water partition coefficient (Wildman–Crippen LogP) is 1.92. The van der Waals surface area contributed by atoms with Gasteiger partial charge in [0, 0.05) is 11.6 Å². The fourth-order valence-electron chi connectivity index (χ4n) is 2.73. The molecule has 2 aromatic rings. The molecule has 6 nitrogen and oxygen atoms in total. The molecule has 0 bridgehead atoms. The number of rotatable bonds is 6. The Morgan fingerprint density at radius 1 is 1.35 bits per heavy atom. The van der Waals surface area contributed by atoms with Crippen LogP contribution in [0.2, 0.25) is 0 Å². The van der Waals surface area contributed by atoms with E-state index in [1.165, 1.54) is 5.56 Å². The van der Waals surface area contributed by atoms with E-state index in [9.17, 15) is 4.79 Å². The molecule has 2 N–H and O–H groups in total. The zero-order valence-electron chi connectivity index (χ0n) is 15.8. The van der Waals surface area contributed by atoms with Crippen LogP contribution in [-0.4, -0.2) is 35.3 Å². The summed E-state index contributed by atoms with van der Waals surface area (Å²) in [5.41, 5.74) is 2.25. The Hall–Kier alpha value is -1.99. The van der Waals surface area contributed by atoms with Gasteiger partial charge in [0.15, 0.2) is 13.2 Å². The van der Waals surface area contributed by atoms with Crippen LogP contribution in [0.15, 0.2) is 28.7 Å². The van der Waals surface area contributed by atoms with Crippen LogP contribution in [0.3, 0.4) is 0 Å². The van der Waals surface area contributed by atoms with Gasteiger partial charge >= 0.3 is 0 Å². The second-order valence-electron chi connectivity index (χ2n) is 8.13. The number of nitrogens with zero attached hydrogens (tertiary/aromatic N) is 2. The van der Waals surface area contributed by atoms with E-state index >= 15 is 0 Å². The lowest BCUT2D eigenvalue weighted by Crippen LogP contribution is -3.09. The van der Waals surface area contributed by atoms with Gasteiger partial charge in [-0.25, -0.2) is 0 Å². The third-order valence-corrected chi connectivity index (χ3v) is 4.72. The Kier molecular flexibility index (Phi) is 5.29. The molecular weight excluding hydrogens is 348 g/mol. The molecule has 1 fully saturated rings.